The number of hydrogen-bond acceptors (Lipinski definition) is 7. The highest BCUT2D eigenvalue weighted by Gasteiger charge is 2.21. The summed E-state index contributed by atoms with van der Waals surface area (Å²) >= 11 is 7.54. The Balaban J connectivity index is 1.85. The molecule has 3 rings (SSSR count). The molecule has 0 aliphatic carbocycles. The van der Waals surface area contributed by atoms with Gasteiger partial charge in [0.25, 0.3) is 0 Å². The van der Waals surface area contributed by atoms with Crippen molar-refractivity contribution in [3.05, 3.63) is 56.9 Å². The van der Waals surface area contributed by atoms with Crippen molar-refractivity contribution in [1.82, 2.24) is 4.90 Å². The molecule has 0 bridgehead atoms. The summed E-state index contributed by atoms with van der Waals surface area (Å²) in [5.41, 5.74) is 0.166. The molecule has 1 aromatic heterocycles. The maximum Gasteiger partial charge on any atom is 0.360 e. The molecular formula is C18H18ClN3O4S. The zero-order chi connectivity index (χ0) is 19.2. The standard InChI is InChI=1S/C18H18ClN3O4S/c19-17-14(10-13(27-17)11-22-6-8-26-9-7-22)16(23)15(18(24)25)21-20-12-4-2-1-3-5-12/h1-5,10,23H,6-9,11H2,(H,24,25). The van der Waals surface area contributed by atoms with E-state index in [1.54, 1.807) is 30.3 Å². The number of carbonyl (C=O) groups is 1. The Morgan fingerprint density at radius 3 is 2.59 bits per heavy atom. The third-order valence-corrected chi connectivity index (χ3v) is 5.27. The minimum Gasteiger partial charge on any atom is -0.505 e. The molecule has 0 unspecified atom stereocenters. The van der Waals surface area contributed by atoms with E-state index < -0.39 is 17.4 Å². The van der Waals surface area contributed by atoms with Crippen LogP contribution in [0.5, 0.6) is 0 Å². The Morgan fingerprint density at radius 1 is 1.22 bits per heavy atom. The fraction of sp³-hybridized carbons (Fsp3) is 0.278. The number of rotatable bonds is 6. The molecule has 0 spiro atoms. The minimum absolute atomic E-state index is 0.245. The summed E-state index contributed by atoms with van der Waals surface area (Å²) in [6.07, 6.45) is 0. The monoisotopic (exact) mass is 407 g/mol. The third kappa shape index (κ3) is 5.14. The fourth-order valence-electron chi connectivity index (χ4n) is 2.56. The molecule has 0 radical (unpaired) electrons. The number of nitrogens with zero attached hydrogens (tertiary/aromatic N) is 3. The second kappa shape index (κ2) is 9.09. The van der Waals surface area contributed by atoms with Crippen molar-refractivity contribution in [3.8, 4) is 0 Å². The first-order chi connectivity index (χ1) is 13.0. The van der Waals surface area contributed by atoms with Gasteiger partial charge in [0.05, 0.1) is 18.9 Å². The molecule has 1 aromatic carbocycles. The van der Waals surface area contributed by atoms with Crippen molar-refractivity contribution < 1.29 is 19.7 Å². The van der Waals surface area contributed by atoms with Gasteiger partial charge in [-0.25, -0.2) is 4.79 Å². The van der Waals surface area contributed by atoms with Crippen molar-refractivity contribution in [1.29, 1.82) is 0 Å². The average molecular weight is 408 g/mol. The van der Waals surface area contributed by atoms with Gasteiger partial charge < -0.3 is 14.9 Å². The van der Waals surface area contributed by atoms with E-state index in [0.717, 1.165) is 18.0 Å². The number of morpholine rings is 1. The topological polar surface area (TPSA) is 94.7 Å². The van der Waals surface area contributed by atoms with E-state index >= 15 is 0 Å². The third-order valence-electron chi connectivity index (χ3n) is 3.92. The maximum absolute atomic E-state index is 11.5. The van der Waals surface area contributed by atoms with Crippen LogP contribution >= 0.6 is 22.9 Å². The summed E-state index contributed by atoms with van der Waals surface area (Å²) < 4.78 is 5.64. The van der Waals surface area contributed by atoms with Crippen molar-refractivity contribution in [2.75, 3.05) is 26.3 Å². The number of benzene rings is 1. The second-order valence-electron chi connectivity index (χ2n) is 5.83. The number of carboxylic acid groups (broad SMARTS) is 1. The van der Waals surface area contributed by atoms with Crippen molar-refractivity contribution >= 4 is 40.4 Å². The van der Waals surface area contributed by atoms with E-state index in [2.05, 4.69) is 15.1 Å². The number of aliphatic carboxylic acids is 1. The second-order valence-corrected chi connectivity index (χ2v) is 7.57. The predicted molar refractivity (Wildman–Crippen MR) is 104 cm³/mol. The van der Waals surface area contributed by atoms with E-state index in [1.165, 1.54) is 11.3 Å². The van der Waals surface area contributed by atoms with Gasteiger partial charge in [-0.15, -0.1) is 16.5 Å². The molecule has 9 heteroatoms. The quantitative estimate of drug-likeness (QED) is 0.422. The molecule has 7 nitrogen and oxygen atoms in total. The lowest BCUT2D eigenvalue weighted by molar-refractivity contribution is -0.132. The minimum atomic E-state index is -1.39. The van der Waals surface area contributed by atoms with Gasteiger partial charge in [-0.3, -0.25) is 4.90 Å². The molecule has 2 heterocycles. The highest BCUT2D eigenvalue weighted by Crippen LogP contribution is 2.34. The van der Waals surface area contributed by atoms with Gasteiger partial charge in [0, 0.05) is 30.1 Å². The van der Waals surface area contributed by atoms with E-state index in [4.69, 9.17) is 16.3 Å². The first kappa shape index (κ1) is 19.5. The number of aliphatic hydroxyl groups excluding tert-OH is 1. The van der Waals surface area contributed by atoms with Crippen LogP contribution in [0.4, 0.5) is 5.69 Å². The van der Waals surface area contributed by atoms with Crippen LogP contribution in [-0.4, -0.2) is 47.4 Å². The van der Waals surface area contributed by atoms with Crippen LogP contribution in [-0.2, 0) is 16.1 Å². The highest BCUT2D eigenvalue weighted by atomic mass is 35.5. The molecule has 27 heavy (non-hydrogen) atoms. The van der Waals surface area contributed by atoms with E-state index in [-0.39, 0.29) is 5.56 Å². The number of aliphatic hydroxyl groups is 1. The Kier molecular flexibility index (Phi) is 6.57. The van der Waals surface area contributed by atoms with E-state index in [9.17, 15) is 15.0 Å². The Labute approximate surface area is 165 Å². The molecule has 1 aliphatic heterocycles. The van der Waals surface area contributed by atoms with Gasteiger partial charge in [-0.1, -0.05) is 29.8 Å². The lowest BCUT2D eigenvalue weighted by atomic mass is 10.2. The van der Waals surface area contributed by atoms with Crippen molar-refractivity contribution in [2.24, 2.45) is 10.2 Å². The zero-order valence-corrected chi connectivity index (χ0v) is 15.9. The summed E-state index contributed by atoms with van der Waals surface area (Å²) in [6.45, 7) is 3.66. The van der Waals surface area contributed by atoms with Crippen LogP contribution in [0.1, 0.15) is 10.4 Å². The molecule has 0 amide bonds. The molecule has 2 aromatic rings. The van der Waals surface area contributed by atoms with Gasteiger partial charge >= 0.3 is 5.97 Å². The van der Waals surface area contributed by atoms with Crippen molar-refractivity contribution in [2.45, 2.75) is 6.54 Å². The number of ether oxygens (including phenoxy) is 1. The number of halogens is 1. The molecular weight excluding hydrogens is 390 g/mol. The number of azo groups is 1. The average Bonchev–Trinajstić information content (AvgIpc) is 3.03. The van der Waals surface area contributed by atoms with Crippen LogP contribution in [0.3, 0.4) is 0 Å². The highest BCUT2D eigenvalue weighted by molar-refractivity contribution is 7.16. The van der Waals surface area contributed by atoms with Crippen LogP contribution in [0.15, 0.2) is 52.3 Å². The zero-order valence-electron chi connectivity index (χ0n) is 14.3. The van der Waals surface area contributed by atoms with Crippen LogP contribution in [0.25, 0.3) is 5.76 Å². The Bertz CT molecular complexity index is 861. The van der Waals surface area contributed by atoms with E-state index in [1.807, 2.05) is 6.07 Å². The fourth-order valence-corrected chi connectivity index (χ4v) is 3.92. The predicted octanol–water partition coefficient (Wildman–Crippen LogP) is 4.33. The molecule has 0 atom stereocenters. The number of thiophene rings is 1. The maximum atomic E-state index is 11.5. The SMILES string of the molecule is O=C(O)C(N=Nc1ccccc1)=C(O)c1cc(CN2CCOCC2)sc1Cl. The first-order valence-electron chi connectivity index (χ1n) is 8.26. The summed E-state index contributed by atoms with van der Waals surface area (Å²) in [4.78, 5) is 14.7. The summed E-state index contributed by atoms with van der Waals surface area (Å²) in [6, 6.07) is 10.4. The molecule has 0 saturated carbocycles. The Hall–Kier alpha value is -2.26. The summed E-state index contributed by atoms with van der Waals surface area (Å²) in [7, 11) is 0. The largest absolute Gasteiger partial charge is 0.505 e. The van der Waals surface area contributed by atoms with Gasteiger partial charge in [0.15, 0.2) is 5.76 Å². The normalized spacial score (nSPS) is 16.5. The van der Waals surface area contributed by atoms with E-state index in [0.29, 0.717) is 29.8 Å². The lowest BCUT2D eigenvalue weighted by Crippen LogP contribution is -2.35. The lowest BCUT2D eigenvalue weighted by Gasteiger charge is -2.25. The molecule has 1 saturated heterocycles. The van der Waals surface area contributed by atoms with Crippen LogP contribution < -0.4 is 0 Å². The van der Waals surface area contributed by atoms with Gasteiger partial charge in [-0.2, -0.15) is 5.11 Å². The molecule has 1 aliphatic rings. The number of carboxylic acids is 1. The number of hydrogen-bond donors (Lipinski definition) is 2. The van der Waals surface area contributed by atoms with Crippen molar-refractivity contribution in [3.63, 3.8) is 0 Å². The summed E-state index contributed by atoms with van der Waals surface area (Å²) in [5, 5.41) is 27.4. The van der Waals surface area contributed by atoms with Gasteiger partial charge in [-0.05, 0) is 18.2 Å². The molecule has 142 valence electrons. The molecule has 2 N–H and O–H groups in total. The van der Waals surface area contributed by atoms with Crippen LogP contribution in [0.2, 0.25) is 4.34 Å². The first-order valence-corrected chi connectivity index (χ1v) is 9.46. The van der Waals surface area contributed by atoms with Gasteiger partial charge in [0.1, 0.15) is 4.34 Å². The Morgan fingerprint density at radius 2 is 1.93 bits per heavy atom. The van der Waals surface area contributed by atoms with Gasteiger partial charge in [0.2, 0.25) is 5.70 Å². The molecule has 1 fully saturated rings. The smallest absolute Gasteiger partial charge is 0.360 e. The van der Waals surface area contributed by atoms with Crippen LogP contribution in [0, 0.1) is 0 Å². The summed E-state index contributed by atoms with van der Waals surface area (Å²) in [5.74, 6) is -1.89.